The highest BCUT2D eigenvalue weighted by molar-refractivity contribution is 6.07. The van der Waals surface area contributed by atoms with Gasteiger partial charge in [-0.15, -0.1) is 0 Å². The van der Waals surface area contributed by atoms with Crippen molar-refractivity contribution in [2.75, 3.05) is 13.2 Å². The Labute approximate surface area is 150 Å². The van der Waals surface area contributed by atoms with Crippen molar-refractivity contribution in [1.82, 2.24) is 15.1 Å². The molecule has 1 saturated carbocycles. The summed E-state index contributed by atoms with van der Waals surface area (Å²) in [6.45, 7) is 4.10. The third-order valence-corrected chi connectivity index (χ3v) is 5.33. The average molecular weight is 343 g/mol. The first-order valence-corrected chi connectivity index (χ1v) is 9.55. The molecular weight excluding hydrogens is 314 g/mol. The molecule has 1 aliphatic carbocycles. The summed E-state index contributed by atoms with van der Waals surface area (Å²) in [5.74, 6) is -0.0198. The number of nitrogens with zero attached hydrogens (tertiary/aromatic N) is 2. The van der Waals surface area contributed by atoms with Crippen molar-refractivity contribution in [1.29, 1.82) is 0 Å². The zero-order chi connectivity index (χ0) is 17.7. The number of hydrogen-bond acceptors (Lipinski definition) is 3. The third kappa shape index (κ3) is 4.03. The molecule has 3 amide bonds. The molecule has 2 fully saturated rings. The molecule has 0 radical (unpaired) electrons. The van der Waals surface area contributed by atoms with Gasteiger partial charge in [0, 0.05) is 6.54 Å². The van der Waals surface area contributed by atoms with Crippen molar-refractivity contribution in [3.05, 3.63) is 35.9 Å². The number of imide groups is 1. The largest absolute Gasteiger partial charge is 0.326 e. The molecule has 5 heteroatoms. The van der Waals surface area contributed by atoms with Crippen LogP contribution in [0.4, 0.5) is 4.79 Å². The molecule has 3 rings (SSSR count). The number of nitrogens with one attached hydrogen (secondary N) is 1. The maximum absolute atomic E-state index is 13.1. The predicted molar refractivity (Wildman–Crippen MR) is 97.8 cm³/mol. The van der Waals surface area contributed by atoms with Gasteiger partial charge in [0.05, 0.1) is 6.67 Å². The first-order chi connectivity index (χ1) is 12.1. The van der Waals surface area contributed by atoms with E-state index in [1.807, 2.05) is 18.2 Å². The van der Waals surface area contributed by atoms with Gasteiger partial charge in [-0.05, 0) is 31.4 Å². The van der Waals surface area contributed by atoms with E-state index in [1.165, 1.54) is 10.5 Å². The molecule has 1 saturated heterocycles. The van der Waals surface area contributed by atoms with E-state index in [2.05, 4.69) is 29.3 Å². The molecule has 25 heavy (non-hydrogen) atoms. The maximum Gasteiger partial charge on any atom is 0.326 e. The number of urea groups is 1. The highest BCUT2D eigenvalue weighted by Gasteiger charge is 2.50. The van der Waals surface area contributed by atoms with Gasteiger partial charge in [-0.25, -0.2) is 9.69 Å². The summed E-state index contributed by atoms with van der Waals surface area (Å²) in [7, 11) is 0. The van der Waals surface area contributed by atoms with Gasteiger partial charge in [-0.2, -0.15) is 0 Å². The fourth-order valence-electron chi connectivity index (χ4n) is 4.03. The summed E-state index contributed by atoms with van der Waals surface area (Å²) in [6.07, 6.45) is 6.88. The van der Waals surface area contributed by atoms with E-state index < -0.39 is 5.54 Å². The van der Waals surface area contributed by atoms with E-state index in [1.54, 1.807) is 0 Å². The van der Waals surface area contributed by atoms with Crippen molar-refractivity contribution >= 4 is 11.9 Å². The summed E-state index contributed by atoms with van der Waals surface area (Å²) in [6, 6.07) is 9.99. The standard InChI is InChI=1S/C20H29N3O2/c1-2-14-22(15-17-10-6-5-7-11-17)16-23-18(24)20(21-19(23)25)12-8-3-4-9-13-20/h5-7,10-11H,2-4,8-9,12-16H2,1H3,(H,21,25). The van der Waals surface area contributed by atoms with Crippen LogP contribution in [0.5, 0.6) is 0 Å². The number of amides is 3. The molecule has 0 aromatic heterocycles. The second-order valence-corrected chi connectivity index (χ2v) is 7.34. The average Bonchev–Trinajstić information content (AvgIpc) is 2.77. The monoisotopic (exact) mass is 343 g/mol. The van der Waals surface area contributed by atoms with E-state index >= 15 is 0 Å². The van der Waals surface area contributed by atoms with Crippen LogP contribution in [-0.2, 0) is 11.3 Å². The van der Waals surface area contributed by atoms with Gasteiger partial charge in [-0.1, -0.05) is 62.9 Å². The van der Waals surface area contributed by atoms with E-state index in [0.29, 0.717) is 6.67 Å². The lowest BCUT2D eigenvalue weighted by Gasteiger charge is -2.28. The fraction of sp³-hybridized carbons (Fsp3) is 0.600. The Morgan fingerprint density at radius 3 is 2.40 bits per heavy atom. The summed E-state index contributed by atoms with van der Waals surface area (Å²) < 4.78 is 0. The SMILES string of the molecule is CCCN(Cc1ccccc1)CN1C(=O)NC2(CCCCCC2)C1=O. The molecule has 0 unspecified atom stereocenters. The summed E-state index contributed by atoms with van der Waals surface area (Å²) in [4.78, 5) is 29.2. The summed E-state index contributed by atoms with van der Waals surface area (Å²) in [5, 5.41) is 3.03. The smallest absolute Gasteiger partial charge is 0.323 e. The van der Waals surface area contributed by atoms with Gasteiger partial charge in [0.2, 0.25) is 0 Å². The molecule has 1 heterocycles. The van der Waals surface area contributed by atoms with Crippen molar-refractivity contribution < 1.29 is 9.59 Å². The van der Waals surface area contributed by atoms with Gasteiger partial charge in [0.15, 0.2) is 0 Å². The van der Waals surface area contributed by atoms with Crippen LogP contribution in [0.15, 0.2) is 30.3 Å². The molecule has 2 aliphatic rings. The second-order valence-electron chi connectivity index (χ2n) is 7.34. The van der Waals surface area contributed by atoms with Crippen LogP contribution >= 0.6 is 0 Å². The normalized spacial score (nSPS) is 20.2. The van der Waals surface area contributed by atoms with Crippen LogP contribution in [0, 0.1) is 0 Å². The van der Waals surface area contributed by atoms with E-state index in [0.717, 1.165) is 58.0 Å². The third-order valence-electron chi connectivity index (χ3n) is 5.33. The Bertz CT molecular complexity index is 594. The molecule has 0 bridgehead atoms. The first-order valence-electron chi connectivity index (χ1n) is 9.55. The fourth-order valence-corrected chi connectivity index (χ4v) is 4.03. The molecule has 1 aliphatic heterocycles. The van der Waals surface area contributed by atoms with Crippen molar-refractivity contribution in [3.8, 4) is 0 Å². The minimum Gasteiger partial charge on any atom is -0.323 e. The Morgan fingerprint density at radius 1 is 1.08 bits per heavy atom. The minimum absolute atomic E-state index is 0.0198. The van der Waals surface area contributed by atoms with Crippen molar-refractivity contribution in [2.45, 2.75) is 64.0 Å². The van der Waals surface area contributed by atoms with E-state index in [9.17, 15) is 9.59 Å². The quantitative estimate of drug-likeness (QED) is 0.804. The zero-order valence-electron chi connectivity index (χ0n) is 15.2. The second kappa shape index (κ2) is 8.00. The van der Waals surface area contributed by atoms with E-state index in [-0.39, 0.29) is 11.9 Å². The zero-order valence-corrected chi connectivity index (χ0v) is 15.2. The number of rotatable bonds is 6. The maximum atomic E-state index is 13.1. The van der Waals surface area contributed by atoms with Gasteiger partial charge < -0.3 is 5.32 Å². The highest BCUT2D eigenvalue weighted by Crippen LogP contribution is 2.32. The number of benzene rings is 1. The molecule has 1 aromatic carbocycles. The molecule has 1 N–H and O–H groups in total. The van der Waals surface area contributed by atoms with Crippen LogP contribution in [-0.4, -0.2) is 40.5 Å². The van der Waals surface area contributed by atoms with Crippen LogP contribution in [0.3, 0.4) is 0 Å². The topological polar surface area (TPSA) is 52.6 Å². The van der Waals surface area contributed by atoms with Gasteiger partial charge in [0.25, 0.3) is 5.91 Å². The highest BCUT2D eigenvalue weighted by atomic mass is 16.2. The van der Waals surface area contributed by atoms with Gasteiger partial charge >= 0.3 is 6.03 Å². The van der Waals surface area contributed by atoms with Gasteiger partial charge in [-0.3, -0.25) is 9.69 Å². The van der Waals surface area contributed by atoms with Crippen molar-refractivity contribution in [3.63, 3.8) is 0 Å². The van der Waals surface area contributed by atoms with Crippen LogP contribution in [0.2, 0.25) is 0 Å². The van der Waals surface area contributed by atoms with Crippen LogP contribution < -0.4 is 5.32 Å². The summed E-state index contributed by atoms with van der Waals surface area (Å²) in [5.41, 5.74) is 0.560. The Kier molecular flexibility index (Phi) is 5.74. The molecule has 1 aromatic rings. The molecule has 1 spiro atoms. The molecule has 136 valence electrons. The lowest BCUT2D eigenvalue weighted by atomic mass is 9.90. The lowest BCUT2D eigenvalue weighted by Crippen LogP contribution is -2.47. The van der Waals surface area contributed by atoms with Crippen LogP contribution in [0.25, 0.3) is 0 Å². The lowest BCUT2D eigenvalue weighted by molar-refractivity contribution is -0.133. The predicted octanol–water partition coefficient (Wildman–Crippen LogP) is 3.50. The first kappa shape index (κ1) is 17.9. The van der Waals surface area contributed by atoms with Crippen molar-refractivity contribution in [2.24, 2.45) is 0 Å². The summed E-state index contributed by atoms with van der Waals surface area (Å²) >= 11 is 0. The van der Waals surface area contributed by atoms with Crippen LogP contribution in [0.1, 0.15) is 57.4 Å². The molecule has 5 nitrogen and oxygen atoms in total. The van der Waals surface area contributed by atoms with E-state index in [4.69, 9.17) is 0 Å². The number of carbonyl (C=O) groups is 2. The molecular formula is C20H29N3O2. The number of hydrogen-bond donors (Lipinski definition) is 1. The number of carbonyl (C=O) groups excluding carboxylic acids is 2. The Balaban J connectivity index is 1.70. The minimum atomic E-state index is -0.641. The van der Waals surface area contributed by atoms with Gasteiger partial charge in [0.1, 0.15) is 5.54 Å². The Hall–Kier alpha value is -1.88. The molecule has 0 atom stereocenters. The Morgan fingerprint density at radius 2 is 1.76 bits per heavy atom.